The Hall–Kier alpha value is -9.91. The van der Waals surface area contributed by atoms with Gasteiger partial charge in [0.15, 0.2) is 17.5 Å². The SMILES string of the molecule is CC1c2c(c3ccccc3n2C2=CC(n3c4ccccc4c4ccccc43)C=C(c3ccc(-c4nc(-c5ccccc5)nc(-c5ccccc5)n4)cc3)C=C2)C=CC1c1ccc2c(c1)c1ccccc1n2-c1ccccc1. The molecule has 0 saturated heterocycles. The fraction of sp³-hybridized carbons (Fsp3) is 0.0563. The first-order chi connectivity index (χ1) is 38.1. The molecule has 13 aromatic rings. The maximum absolute atomic E-state index is 5.06. The zero-order valence-electron chi connectivity index (χ0n) is 42.3. The van der Waals surface area contributed by atoms with E-state index >= 15 is 0 Å². The molecule has 77 heavy (non-hydrogen) atoms. The molecule has 0 saturated carbocycles. The molecule has 4 aromatic heterocycles. The van der Waals surface area contributed by atoms with Crippen LogP contribution in [0.4, 0.5) is 0 Å². The van der Waals surface area contributed by atoms with Gasteiger partial charge in [0.1, 0.15) is 0 Å². The van der Waals surface area contributed by atoms with Crippen molar-refractivity contribution in [2.24, 2.45) is 0 Å². The molecular formula is C71H50N6. The molecule has 0 amide bonds. The highest BCUT2D eigenvalue weighted by Crippen LogP contribution is 2.48. The molecule has 0 fully saturated rings. The van der Waals surface area contributed by atoms with Gasteiger partial charge in [0.2, 0.25) is 0 Å². The highest BCUT2D eigenvalue weighted by molar-refractivity contribution is 6.10. The second-order valence-corrected chi connectivity index (χ2v) is 20.3. The minimum absolute atomic E-state index is 0.140. The van der Waals surface area contributed by atoms with Crippen LogP contribution in [0.1, 0.15) is 47.2 Å². The molecule has 0 N–H and O–H groups in total. The summed E-state index contributed by atoms with van der Waals surface area (Å²) in [5, 5.41) is 6.27. The lowest BCUT2D eigenvalue weighted by molar-refractivity contribution is 0.641. The Morgan fingerprint density at radius 3 is 1.47 bits per heavy atom. The van der Waals surface area contributed by atoms with Gasteiger partial charge in [0.05, 0.1) is 22.6 Å². The molecule has 0 aliphatic heterocycles. The Morgan fingerprint density at radius 1 is 0.377 bits per heavy atom. The van der Waals surface area contributed by atoms with Crippen LogP contribution in [-0.2, 0) is 0 Å². The second kappa shape index (κ2) is 18.2. The van der Waals surface area contributed by atoms with Crippen LogP contribution in [0.2, 0.25) is 0 Å². The molecule has 4 heterocycles. The molecule has 15 rings (SSSR count). The first-order valence-electron chi connectivity index (χ1n) is 26.6. The number of allylic oxidation sites excluding steroid dienone is 7. The van der Waals surface area contributed by atoms with Crippen molar-refractivity contribution in [1.82, 2.24) is 28.7 Å². The van der Waals surface area contributed by atoms with Crippen LogP contribution in [-0.4, -0.2) is 28.7 Å². The summed E-state index contributed by atoms with van der Waals surface area (Å²) in [4.78, 5) is 15.1. The summed E-state index contributed by atoms with van der Waals surface area (Å²) >= 11 is 0. The third kappa shape index (κ3) is 7.43. The van der Waals surface area contributed by atoms with E-state index in [1.165, 1.54) is 77.0 Å². The van der Waals surface area contributed by atoms with Gasteiger partial charge in [-0.1, -0.05) is 207 Å². The van der Waals surface area contributed by atoms with E-state index < -0.39 is 0 Å². The van der Waals surface area contributed by atoms with Crippen molar-refractivity contribution in [1.29, 1.82) is 0 Å². The van der Waals surface area contributed by atoms with E-state index in [1.807, 2.05) is 60.7 Å². The van der Waals surface area contributed by atoms with Gasteiger partial charge in [-0.3, -0.25) is 0 Å². The third-order valence-corrected chi connectivity index (χ3v) is 16.0. The summed E-state index contributed by atoms with van der Waals surface area (Å²) in [5.74, 6) is 2.20. The zero-order valence-corrected chi connectivity index (χ0v) is 42.3. The molecule has 2 aliphatic carbocycles. The molecule has 0 radical (unpaired) electrons. The standard InChI is InChI=1S/C71H50N6/c1-46-56(52-38-42-67-62(44-52)60-28-14-17-31-65(60)75(67)53-23-9-4-10-24-53)40-41-61-59-27-13-18-32-66(59)77(68(46)61)54-39-37-51(43-55(45-54)76-63-29-15-11-25-57(63)58-26-12-16-30-64(58)76)47-33-35-50(36-34-47)71-73-69(48-19-5-2-6-20-48)72-70(74-71)49-21-7-3-8-22-49/h2-46,55-56H,1H3. The van der Waals surface area contributed by atoms with Crippen molar-refractivity contribution in [3.05, 3.63) is 283 Å². The van der Waals surface area contributed by atoms with Crippen LogP contribution in [0.3, 0.4) is 0 Å². The van der Waals surface area contributed by atoms with Crippen LogP contribution >= 0.6 is 0 Å². The van der Waals surface area contributed by atoms with Gasteiger partial charge in [-0.2, -0.15) is 0 Å². The number of aromatic nitrogens is 6. The Bertz CT molecular complexity index is 4460. The quantitative estimate of drug-likeness (QED) is 0.152. The summed E-state index contributed by atoms with van der Waals surface area (Å²) in [6.45, 7) is 2.43. The predicted octanol–water partition coefficient (Wildman–Crippen LogP) is 17.7. The van der Waals surface area contributed by atoms with Gasteiger partial charge in [-0.15, -0.1) is 0 Å². The molecule has 0 spiro atoms. The van der Waals surface area contributed by atoms with Crippen molar-refractivity contribution in [2.45, 2.75) is 24.8 Å². The van der Waals surface area contributed by atoms with Gasteiger partial charge in [-0.25, -0.2) is 15.0 Å². The highest BCUT2D eigenvalue weighted by atomic mass is 15.1. The number of nitrogens with zero attached hydrogens (tertiary/aromatic N) is 6. The molecule has 9 aromatic carbocycles. The molecule has 3 unspecified atom stereocenters. The lowest BCUT2D eigenvalue weighted by Crippen LogP contribution is -2.15. The lowest BCUT2D eigenvalue weighted by Gasteiger charge is -2.28. The highest BCUT2D eigenvalue weighted by Gasteiger charge is 2.32. The van der Waals surface area contributed by atoms with Crippen LogP contribution in [0.15, 0.2) is 261 Å². The molecular weight excluding hydrogens is 937 g/mol. The third-order valence-electron chi connectivity index (χ3n) is 16.0. The summed E-state index contributed by atoms with van der Waals surface area (Å²) in [7, 11) is 0. The number of hydrogen-bond acceptors (Lipinski definition) is 3. The summed E-state index contributed by atoms with van der Waals surface area (Å²) in [6, 6.07) is 82.2. The van der Waals surface area contributed by atoms with Crippen molar-refractivity contribution >= 4 is 71.9 Å². The summed E-state index contributed by atoms with van der Waals surface area (Å²) < 4.78 is 7.50. The van der Waals surface area contributed by atoms with E-state index in [-0.39, 0.29) is 17.9 Å². The van der Waals surface area contributed by atoms with Gasteiger partial charge in [-0.05, 0) is 83.5 Å². The Morgan fingerprint density at radius 2 is 0.857 bits per heavy atom. The summed E-state index contributed by atoms with van der Waals surface area (Å²) in [5.41, 5.74) is 17.3. The van der Waals surface area contributed by atoms with E-state index in [4.69, 9.17) is 15.0 Å². The van der Waals surface area contributed by atoms with Crippen LogP contribution in [0.5, 0.6) is 0 Å². The van der Waals surface area contributed by atoms with Gasteiger partial charge in [0.25, 0.3) is 0 Å². The van der Waals surface area contributed by atoms with Crippen LogP contribution < -0.4 is 0 Å². The topological polar surface area (TPSA) is 53.5 Å². The normalized spacial score (nSPS) is 16.3. The number of fused-ring (bicyclic) bond motifs is 9. The zero-order chi connectivity index (χ0) is 51.0. The van der Waals surface area contributed by atoms with E-state index in [1.54, 1.807) is 0 Å². The molecule has 364 valence electrons. The van der Waals surface area contributed by atoms with Crippen molar-refractivity contribution in [2.75, 3.05) is 0 Å². The Balaban J connectivity index is 0.867. The van der Waals surface area contributed by atoms with E-state index in [2.05, 4.69) is 227 Å². The number of para-hydroxylation sites is 5. The largest absolute Gasteiger partial charge is 0.330 e. The van der Waals surface area contributed by atoms with Crippen LogP contribution in [0, 0.1) is 0 Å². The fourth-order valence-corrected chi connectivity index (χ4v) is 12.4. The monoisotopic (exact) mass is 986 g/mol. The fourth-order valence-electron chi connectivity index (χ4n) is 12.4. The number of hydrogen-bond donors (Lipinski definition) is 0. The Labute approximate surface area is 446 Å². The molecule has 6 heteroatoms. The minimum Gasteiger partial charge on any atom is -0.330 e. The van der Waals surface area contributed by atoms with Crippen molar-refractivity contribution in [3.8, 4) is 39.9 Å². The van der Waals surface area contributed by atoms with Gasteiger partial charge in [0, 0.05) is 89.1 Å². The predicted molar refractivity (Wildman–Crippen MR) is 319 cm³/mol. The maximum atomic E-state index is 5.06. The minimum atomic E-state index is -0.156. The smallest absolute Gasteiger partial charge is 0.164 e. The molecule has 0 bridgehead atoms. The average Bonchev–Trinajstić information content (AvgIpc) is 4.19. The van der Waals surface area contributed by atoms with Gasteiger partial charge < -0.3 is 13.7 Å². The van der Waals surface area contributed by atoms with E-state index in [0.29, 0.717) is 17.5 Å². The van der Waals surface area contributed by atoms with E-state index in [9.17, 15) is 0 Å². The van der Waals surface area contributed by atoms with E-state index in [0.717, 1.165) is 33.5 Å². The van der Waals surface area contributed by atoms with Crippen LogP contribution in [0.25, 0.3) is 112 Å². The maximum Gasteiger partial charge on any atom is 0.164 e. The summed E-state index contributed by atoms with van der Waals surface area (Å²) in [6.07, 6.45) is 14.4. The van der Waals surface area contributed by atoms with Gasteiger partial charge >= 0.3 is 0 Å². The second-order valence-electron chi connectivity index (χ2n) is 20.3. The van der Waals surface area contributed by atoms with Crippen molar-refractivity contribution in [3.63, 3.8) is 0 Å². The molecule has 3 atom stereocenters. The average molecular weight is 987 g/mol. The number of benzene rings is 9. The lowest BCUT2D eigenvalue weighted by atomic mass is 9.79. The first-order valence-corrected chi connectivity index (χ1v) is 26.6. The number of rotatable bonds is 8. The first kappa shape index (κ1) is 44.6. The Kier molecular flexibility index (Phi) is 10.5. The van der Waals surface area contributed by atoms with Crippen molar-refractivity contribution < 1.29 is 0 Å². The molecule has 6 nitrogen and oxygen atoms in total. The molecule has 2 aliphatic rings.